The molecule has 46 heavy (non-hydrogen) atoms. The Morgan fingerprint density at radius 3 is 2.20 bits per heavy atom. The number of nitrogens with zero attached hydrogens (tertiary/aromatic N) is 7. The molecule has 1 aromatic carbocycles. The van der Waals surface area contributed by atoms with Crippen LogP contribution in [0.4, 0.5) is 5.95 Å². The second kappa shape index (κ2) is 14.4. The molecule has 3 heterocycles. The highest BCUT2D eigenvalue weighted by molar-refractivity contribution is 7.93. The molecule has 0 radical (unpaired) electrons. The number of aryl methyl sites for hydroxylation is 1. The molecule has 0 spiro atoms. The molecule has 0 aliphatic heterocycles. The summed E-state index contributed by atoms with van der Waals surface area (Å²) in [5, 5.41) is 7.96. The summed E-state index contributed by atoms with van der Waals surface area (Å²) in [6.07, 6.45) is 5.52. The Hall–Kier alpha value is -4.32. The molecule has 4 rings (SSSR count). The lowest BCUT2D eigenvalue weighted by Gasteiger charge is -2.31. The van der Waals surface area contributed by atoms with Crippen LogP contribution in [0.3, 0.4) is 0 Å². The predicted molar refractivity (Wildman–Crippen MR) is 181 cm³/mol. The van der Waals surface area contributed by atoms with Gasteiger partial charge < -0.3 is 14.2 Å². The lowest BCUT2D eigenvalue weighted by molar-refractivity contribution is 0.0947. The Bertz CT molecular complexity index is 1810. The number of aromatic nitrogens is 6. The maximum Gasteiger partial charge on any atom is 0.246 e. The molecular weight excluding hydrogens is 623 g/mol. The van der Waals surface area contributed by atoms with Crippen LogP contribution in [0.25, 0.3) is 17.1 Å². The van der Waals surface area contributed by atoms with Gasteiger partial charge in [-0.15, -0.1) is 16.1 Å². The van der Waals surface area contributed by atoms with E-state index >= 15 is 0 Å². The van der Waals surface area contributed by atoms with Crippen molar-refractivity contribution in [1.82, 2.24) is 29.7 Å². The molecule has 0 N–H and O–H groups in total. The van der Waals surface area contributed by atoms with Crippen molar-refractivity contribution in [3.63, 3.8) is 0 Å². The number of methoxy groups -OCH3 is 3. The smallest absolute Gasteiger partial charge is 0.246 e. The highest BCUT2D eigenvalue weighted by Crippen LogP contribution is 2.40. The molecule has 0 unspecified atom stereocenters. The van der Waals surface area contributed by atoms with E-state index < -0.39 is 29.5 Å². The number of ether oxygens (including phenoxy) is 3. The van der Waals surface area contributed by atoms with Crippen LogP contribution in [0.15, 0.2) is 49.1 Å². The fourth-order valence-electron chi connectivity index (χ4n) is 4.90. The Morgan fingerprint density at radius 2 is 1.65 bits per heavy atom. The van der Waals surface area contributed by atoms with Crippen molar-refractivity contribution in [3.05, 3.63) is 66.0 Å². The van der Waals surface area contributed by atoms with Crippen LogP contribution in [-0.4, -0.2) is 79.3 Å². The number of benzene rings is 1. The van der Waals surface area contributed by atoms with E-state index in [9.17, 15) is 8.42 Å². The SMILES string of the molecule is CC#Cc1cnc([C@@H](OC)[C@H](C)S(=O)(=O)N(CC[Si](C)(C)C)c2nnc(-c3cncc(C)c3)n2-c2c(OC)cccc2OC)nc1. The zero-order valence-electron chi connectivity index (χ0n) is 27.8. The van der Waals surface area contributed by atoms with Gasteiger partial charge in [0, 0.05) is 52.1 Å². The van der Waals surface area contributed by atoms with E-state index in [1.54, 1.807) is 75.6 Å². The van der Waals surface area contributed by atoms with Gasteiger partial charge >= 0.3 is 0 Å². The second-order valence-electron chi connectivity index (χ2n) is 11.9. The predicted octanol–water partition coefficient (Wildman–Crippen LogP) is 5.07. The zero-order chi connectivity index (χ0) is 33.6. The van der Waals surface area contributed by atoms with Crippen molar-refractivity contribution in [3.8, 4) is 40.4 Å². The first-order valence-corrected chi connectivity index (χ1v) is 19.9. The van der Waals surface area contributed by atoms with E-state index in [2.05, 4.69) is 56.6 Å². The standard InChI is InChI=1S/C32H41N7O5SSi/c1-10-12-24-19-34-30(35-20-24)29(44-6)23(3)45(40,41)38(15-16-46(7,8)9)32-37-36-31(25-17-22(2)18-33-21-25)39(32)28-26(42-4)13-11-14-27(28)43-5/h11,13-14,17-21,23,29H,15-16H2,1-9H3/t23-,29-/m0/s1. The number of sulfonamides is 1. The van der Waals surface area contributed by atoms with E-state index in [0.717, 1.165) is 5.56 Å². The second-order valence-corrected chi connectivity index (χ2v) is 19.8. The molecule has 3 aromatic heterocycles. The molecule has 0 amide bonds. The molecule has 2 atom stereocenters. The van der Waals surface area contributed by atoms with E-state index in [4.69, 9.17) is 14.2 Å². The zero-order valence-corrected chi connectivity index (χ0v) is 29.6. The maximum atomic E-state index is 14.8. The average Bonchev–Trinajstić information content (AvgIpc) is 3.45. The molecule has 244 valence electrons. The summed E-state index contributed by atoms with van der Waals surface area (Å²) in [7, 11) is -1.45. The van der Waals surface area contributed by atoms with Gasteiger partial charge in [0.1, 0.15) is 28.5 Å². The average molecular weight is 664 g/mol. The highest BCUT2D eigenvalue weighted by Gasteiger charge is 2.41. The molecule has 0 saturated carbocycles. The fraction of sp³-hybridized carbons (Fsp3) is 0.406. The summed E-state index contributed by atoms with van der Waals surface area (Å²) in [4.78, 5) is 13.1. The third-order valence-corrected chi connectivity index (χ3v) is 11.2. The van der Waals surface area contributed by atoms with Crippen molar-refractivity contribution < 1.29 is 22.6 Å². The van der Waals surface area contributed by atoms with E-state index in [1.807, 2.05) is 13.0 Å². The molecule has 0 fully saturated rings. The molecule has 0 aliphatic carbocycles. The summed E-state index contributed by atoms with van der Waals surface area (Å²) in [5.41, 5.74) is 2.60. The summed E-state index contributed by atoms with van der Waals surface area (Å²) in [6, 6.07) is 7.90. The largest absolute Gasteiger partial charge is 0.494 e. The van der Waals surface area contributed by atoms with Crippen LogP contribution in [0, 0.1) is 18.8 Å². The van der Waals surface area contributed by atoms with Gasteiger partial charge in [0.05, 0.1) is 19.8 Å². The van der Waals surface area contributed by atoms with Gasteiger partial charge in [-0.25, -0.2) is 22.7 Å². The lowest BCUT2D eigenvalue weighted by atomic mass is 10.2. The van der Waals surface area contributed by atoms with Crippen LogP contribution < -0.4 is 13.8 Å². The fourth-order valence-corrected chi connectivity index (χ4v) is 7.59. The number of hydrogen-bond donors (Lipinski definition) is 0. The summed E-state index contributed by atoms with van der Waals surface area (Å²) < 4.78 is 49.9. The van der Waals surface area contributed by atoms with Crippen molar-refractivity contribution in [2.45, 2.75) is 57.8 Å². The van der Waals surface area contributed by atoms with Crippen LogP contribution in [0.5, 0.6) is 11.5 Å². The molecule has 12 nitrogen and oxygen atoms in total. The first-order valence-electron chi connectivity index (χ1n) is 14.7. The minimum Gasteiger partial charge on any atom is -0.494 e. The third-order valence-electron chi connectivity index (χ3n) is 7.35. The van der Waals surface area contributed by atoms with Gasteiger partial charge in [-0.1, -0.05) is 31.6 Å². The molecule has 0 saturated heterocycles. The van der Waals surface area contributed by atoms with Gasteiger partial charge in [0.15, 0.2) is 11.6 Å². The van der Waals surface area contributed by atoms with Gasteiger partial charge in [0.2, 0.25) is 16.0 Å². The summed E-state index contributed by atoms with van der Waals surface area (Å²) in [5.74, 6) is 7.26. The Labute approximate surface area is 272 Å². The monoisotopic (exact) mass is 663 g/mol. The van der Waals surface area contributed by atoms with Crippen molar-refractivity contribution in [2.24, 2.45) is 0 Å². The Morgan fingerprint density at radius 1 is 1.00 bits per heavy atom. The minimum atomic E-state index is -4.20. The van der Waals surface area contributed by atoms with Gasteiger partial charge in [-0.3, -0.25) is 9.55 Å². The van der Waals surface area contributed by atoms with E-state index in [-0.39, 0.29) is 18.3 Å². The number of rotatable bonds is 13. The molecule has 0 aliphatic rings. The first-order chi connectivity index (χ1) is 21.9. The summed E-state index contributed by atoms with van der Waals surface area (Å²) in [6.45, 7) is 11.9. The topological polar surface area (TPSA) is 134 Å². The minimum absolute atomic E-state index is 0.0775. The first kappa shape index (κ1) is 34.5. The van der Waals surface area contributed by atoms with Gasteiger partial charge in [-0.2, -0.15) is 0 Å². The van der Waals surface area contributed by atoms with Crippen LogP contribution in [-0.2, 0) is 14.8 Å². The lowest BCUT2D eigenvalue weighted by Crippen LogP contribution is -2.44. The number of anilines is 1. The Balaban J connectivity index is 1.97. The van der Waals surface area contributed by atoms with E-state index in [0.29, 0.717) is 40.2 Å². The molecule has 4 aromatic rings. The van der Waals surface area contributed by atoms with Crippen molar-refractivity contribution >= 4 is 24.0 Å². The molecular formula is C32H41N7O5SSi. The third kappa shape index (κ3) is 7.38. The van der Waals surface area contributed by atoms with Gasteiger partial charge in [0.25, 0.3) is 0 Å². The highest BCUT2D eigenvalue weighted by atomic mass is 32.2. The number of hydrogen-bond acceptors (Lipinski definition) is 10. The van der Waals surface area contributed by atoms with Gasteiger partial charge in [-0.05, 0) is 50.6 Å². The maximum absolute atomic E-state index is 14.8. The van der Waals surface area contributed by atoms with Crippen molar-refractivity contribution in [1.29, 1.82) is 0 Å². The number of pyridine rings is 1. The quantitative estimate of drug-likeness (QED) is 0.141. The normalized spacial score (nSPS) is 13.0. The number of para-hydroxylation sites is 1. The van der Waals surface area contributed by atoms with Crippen LogP contribution in [0.2, 0.25) is 25.7 Å². The molecule has 0 bridgehead atoms. The van der Waals surface area contributed by atoms with Crippen molar-refractivity contribution in [2.75, 3.05) is 32.2 Å². The molecule has 14 heteroatoms. The summed E-state index contributed by atoms with van der Waals surface area (Å²) >= 11 is 0. The van der Waals surface area contributed by atoms with Crippen LogP contribution >= 0.6 is 0 Å². The Kier molecular flexibility index (Phi) is 10.8. The van der Waals surface area contributed by atoms with E-state index in [1.165, 1.54) is 11.4 Å². The van der Waals surface area contributed by atoms with Crippen LogP contribution in [0.1, 0.15) is 36.9 Å².